The topological polar surface area (TPSA) is 135 Å². The summed E-state index contributed by atoms with van der Waals surface area (Å²) in [6.45, 7) is 6.42. The quantitative estimate of drug-likeness (QED) is 0.384. The van der Waals surface area contributed by atoms with Crippen LogP contribution in [0.3, 0.4) is 0 Å². The molecular formula is C33H41N5O5S. The number of hydrogen-bond donors (Lipinski definition) is 3. The van der Waals surface area contributed by atoms with Crippen molar-refractivity contribution in [3.05, 3.63) is 45.0 Å². The number of thiazole rings is 1. The van der Waals surface area contributed by atoms with Gasteiger partial charge in [-0.05, 0) is 81.8 Å². The fourth-order valence-electron chi connectivity index (χ4n) is 7.98. The number of oxime groups is 1. The van der Waals surface area contributed by atoms with Crippen molar-refractivity contribution in [2.75, 3.05) is 13.7 Å². The second-order valence-electron chi connectivity index (χ2n) is 13.7. The fraction of sp³-hybridized carbons (Fsp3) is 0.606. The first kappa shape index (κ1) is 29.4. The number of amides is 2. The van der Waals surface area contributed by atoms with E-state index >= 15 is 0 Å². The SMILES string of the molecule is COc1ncc(C2=NOC3CC(CO)CC23)cc1C(=O)N[C@H]1[C@@H](C(=O)N[C@H](C)C2(C)CC2)[C@H]2CC[C@@H]1/C2=C\c1csc(C)n1. The van der Waals surface area contributed by atoms with E-state index < -0.39 is 0 Å². The van der Waals surface area contributed by atoms with Gasteiger partial charge in [0.15, 0.2) is 0 Å². The lowest BCUT2D eigenvalue weighted by Crippen LogP contribution is -2.52. The zero-order valence-electron chi connectivity index (χ0n) is 25.7. The number of aromatic nitrogens is 2. The van der Waals surface area contributed by atoms with Crippen molar-refractivity contribution < 1.29 is 24.3 Å². The first-order chi connectivity index (χ1) is 21.2. The van der Waals surface area contributed by atoms with Crippen LogP contribution in [0.4, 0.5) is 0 Å². The third-order valence-electron chi connectivity index (χ3n) is 11.0. The predicted molar refractivity (Wildman–Crippen MR) is 166 cm³/mol. The molecule has 0 aromatic carbocycles. The van der Waals surface area contributed by atoms with Gasteiger partial charge in [0, 0.05) is 47.7 Å². The van der Waals surface area contributed by atoms with Crippen molar-refractivity contribution in [1.82, 2.24) is 20.6 Å². The highest BCUT2D eigenvalue weighted by molar-refractivity contribution is 7.09. The van der Waals surface area contributed by atoms with E-state index in [9.17, 15) is 14.7 Å². The largest absolute Gasteiger partial charge is 0.480 e. The molecule has 0 radical (unpaired) electrons. The Morgan fingerprint density at radius 1 is 1.25 bits per heavy atom. The number of nitrogens with one attached hydrogen (secondary N) is 2. The summed E-state index contributed by atoms with van der Waals surface area (Å²) in [7, 11) is 1.50. The Hall–Kier alpha value is -3.31. The molecule has 5 aliphatic rings. The smallest absolute Gasteiger partial charge is 0.257 e. The van der Waals surface area contributed by atoms with Crippen LogP contribution in [0.5, 0.6) is 5.88 Å². The van der Waals surface area contributed by atoms with Crippen molar-refractivity contribution in [2.45, 2.75) is 77.5 Å². The molecule has 2 amide bonds. The molecule has 2 aromatic rings. The van der Waals surface area contributed by atoms with E-state index in [0.717, 1.165) is 54.9 Å². The first-order valence-electron chi connectivity index (χ1n) is 15.8. The highest BCUT2D eigenvalue weighted by atomic mass is 32.1. The normalized spacial score (nSPS) is 32.6. The molecule has 3 N–H and O–H groups in total. The number of aliphatic hydroxyl groups is 1. The van der Waals surface area contributed by atoms with Crippen LogP contribution in [0.25, 0.3) is 6.08 Å². The van der Waals surface area contributed by atoms with Crippen molar-refractivity contribution in [2.24, 2.45) is 40.2 Å². The van der Waals surface area contributed by atoms with Crippen LogP contribution in [0.15, 0.2) is 28.4 Å². The Morgan fingerprint density at radius 3 is 2.75 bits per heavy atom. The Balaban J connectivity index is 1.17. The van der Waals surface area contributed by atoms with Gasteiger partial charge in [-0.2, -0.15) is 0 Å². The second-order valence-corrected chi connectivity index (χ2v) is 14.7. The summed E-state index contributed by atoms with van der Waals surface area (Å²) in [5, 5.41) is 23.7. The molecule has 3 heterocycles. The fourth-order valence-corrected chi connectivity index (χ4v) is 8.55. The maximum Gasteiger partial charge on any atom is 0.257 e. The standard InChI is InChI=1S/C33H41N5O5S/c1-16(33(3)7-8-33)35-31(41)27-21-5-6-22(23(21)12-20-15-44-17(2)36-20)29(27)37-30(40)25-11-19(13-34-32(25)42-4)28-24-9-18(14-39)10-26(24)43-38-28/h11-13,15-16,18,21-22,24,26-27,29,39H,5-10,14H2,1-4H3,(H,35,41)(H,37,40)/b23-12-/t16-,18?,21+,22-,24?,26?,27+,29-/m1/s1. The van der Waals surface area contributed by atoms with Gasteiger partial charge in [-0.25, -0.2) is 9.97 Å². The van der Waals surface area contributed by atoms with Crippen molar-refractivity contribution in [3.63, 3.8) is 0 Å². The van der Waals surface area contributed by atoms with Gasteiger partial charge in [0.25, 0.3) is 5.91 Å². The second kappa shape index (κ2) is 11.2. The highest BCUT2D eigenvalue weighted by Gasteiger charge is 2.55. The molecular weight excluding hydrogens is 578 g/mol. The third kappa shape index (κ3) is 5.11. The number of fused-ring (bicyclic) bond motifs is 3. The molecule has 0 spiro atoms. The molecule has 11 heteroatoms. The van der Waals surface area contributed by atoms with Crippen LogP contribution in [0.1, 0.15) is 79.0 Å². The Kier molecular flexibility index (Phi) is 7.51. The van der Waals surface area contributed by atoms with E-state index in [-0.39, 0.29) is 77.5 Å². The number of carbonyl (C=O) groups excluding carboxylic acids is 2. The van der Waals surface area contributed by atoms with Gasteiger partial charge >= 0.3 is 0 Å². The van der Waals surface area contributed by atoms with E-state index in [0.29, 0.717) is 11.1 Å². The Morgan fingerprint density at radius 2 is 2.05 bits per heavy atom. The summed E-state index contributed by atoms with van der Waals surface area (Å²) in [5.74, 6) is -0.174. The molecule has 234 valence electrons. The van der Waals surface area contributed by atoms with Crippen molar-refractivity contribution >= 4 is 34.9 Å². The molecule has 0 saturated heterocycles. The molecule has 2 aromatic heterocycles. The van der Waals surface area contributed by atoms with Crippen LogP contribution in [-0.4, -0.2) is 64.5 Å². The maximum absolute atomic E-state index is 14.1. The van der Waals surface area contributed by atoms with Crippen LogP contribution < -0.4 is 15.4 Å². The summed E-state index contributed by atoms with van der Waals surface area (Å²) < 4.78 is 5.53. The Labute approximate surface area is 261 Å². The lowest BCUT2D eigenvalue weighted by atomic mass is 9.83. The number of hydrogen-bond acceptors (Lipinski definition) is 9. The van der Waals surface area contributed by atoms with Crippen LogP contribution >= 0.6 is 11.3 Å². The minimum absolute atomic E-state index is 0.00509. The minimum Gasteiger partial charge on any atom is -0.480 e. The summed E-state index contributed by atoms with van der Waals surface area (Å²) in [5.41, 5.74) is 4.01. The molecule has 4 saturated carbocycles. The zero-order chi connectivity index (χ0) is 30.7. The van der Waals surface area contributed by atoms with Gasteiger partial charge in [0.05, 0.1) is 29.4 Å². The van der Waals surface area contributed by atoms with Gasteiger partial charge in [0.2, 0.25) is 11.8 Å². The molecule has 3 unspecified atom stereocenters. The van der Waals surface area contributed by atoms with E-state index in [1.807, 2.05) is 12.3 Å². The minimum atomic E-state index is -0.377. The average molecular weight is 620 g/mol. The van der Waals surface area contributed by atoms with E-state index in [2.05, 4.69) is 45.7 Å². The lowest BCUT2D eigenvalue weighted by molar-refractivity contribution is -0.128. The van der Waals surface area contributed by atoms with E-state index in [1.165, 1.54) is 12.7 Å². The zero-order valence-corrected chi connectivity index (χ0v) is 26.5. The van der Waals surface area contributed by atoms with Crippen molar-refractivity contribution in [1.29, 1.82) is 0 Å². The van der Waals surface area contributed by atoms with Crippen molar-refractivity contribution in [3.8, 4) is 5.88 Å². The summed E-state index contributed by atoms with van der Waals surface area (Å²) in [6, 6.07) is 1.47. The molecule has 1 aliphatic heterocycles. The Bertz CT molecular complexity index is 1530. The summed E-state index contributed by atoms with van der Waals surface area (Å²) >= 11 is 1.61. The summed E-state index contributed by atoms with van der Waals surface area (Å²) in [6.07, 6.45) is 9.31. The first-order valence-corrected chi connectivity index (χ1v) is 16.7. The molecule has 7 rings (SSSR count). The van der Waals surface area contributed by atoms with Crippen LogP contribution in [-0.2, 0) is 9.63 Å². The predicted octanol–water partition coefficient (Wildman–Crippen LogP) is 4.12. The number of carbonyl (C=O) groups is 2. The van der Waals surface area contributed by atoms with Crippen LogP contribution in [0.2, 0.25) is 0 Å². The number of rotatable bonds is 9. The van der Waals surface area contributed by atoms with Gasteiger partial charge in [0.1, 0.15) is 11.7 Å². The van der Waals surface area contributed by atoms with Gasteiger partial charge < -0.3 is 25.3 Å². The maximum atomic E-state index is 14.1. The number of ether oxygens (including phenoxy) is 1. The molecule has 8 atom stereocenters. The third-order valence-corrected chi connectivity index (χ3v) is 11.8. The average Bonchev–Trinajstić information content (AvgIpc) is 3.48. The molecule has 4 fully saturated rings. The number of aryl methyl sites for hydroxylation is 1. The van der Waals surface area contributed by atoms with Gasteiger partial charge in [-0.15, -0.1) is 11.3 Å². The lowest BCUT2D eigenvalue weighted by Gasteiger charge is -2.32. The number of nitrogens with zero attached hydrogens (tertiary/aromatic N) is 3. The number of methoxy groups -OCH3 is 1. The van der Waals surface area contributed by atoms with E-state index in [4.69, 9.17) is 9.57 Å². The number of pyridine rings is 1. The molecule has 44 heavy (non-hydrogen) atoms. The van der Waals surface area contributed by atoms with Gasteiger partial charge in [-0.1, -0.05) is 17.7 Å². The van der Waals surface area contributed by atoms with Crippen LogP contribution in [0, 0.1) is 41.9 Å². The molecule has 4 aliphatic carbocycles. The number of aliphatic hydroxyl groups excluding tert-OH is 1. The van der Waals surface area contributed by atoms with Gasteiger partial charge in [-0.3, -0.25) is 9.59 Å². The van der Waals surface area contributed by atoms with E-state index in [1.54, 1.807) is 23.6 Å². The monoisotopic (exact) mass is 619 g/mol. The highest BCUT2D eigenvalue weighted by Crippen LogP contribution is 2.54. The summed E-state index contributed by atoms with van der Waals surface area (Å²) in [4.78, 5) is 42.9. The molecule has 10 nitrogen and oxygen atoms in total. The molecule has 2 bridgehead atoms.